The summed E-state index contributed by atoms with van der Waals surface area (Å²) in [5.74, 6) is 1.33. The molecule has 166 valence electrons. The predicted molar refractivity (Wildman–Crippen MR) is 131 cm³/mol. The van der Waals surface area contributed by atoms with Gasteiger partial charge in [0.15, 0.2) is 0 Å². The van der Waals surface area contributed by atoms with Crippen molar-refractivity contribution in [3.63, 3.8) is 0 Å². The highest BCUT2D eigenvalue weighted by atomic mass is 32.2. The molecule has 3 aromatic carbocycles. The Kier molecular flexibility index (Phi) is 6.19. The van der Waals surface area contributed by atoms with E-state index < -0.39 is 0 Å². The topological polar surface area (TPSA) is 85.2 Å². The van der Waals surface area contributed by atoms with Crippen LogP contribution in [0.2, 0.25) is 0 Å². The van der Waals surface area contributed by atoms with Crippen LogP contribution in [0.5, 0.6) is 0 Å². The lowest BCUT2D eigenvalue weighted by atomic mass is 10.1. The van der Waals surface area contributed by atoms with E-state index in [0.717, 1.165) is 27.6 Å². The van der Waals surface area contributed by atoms with Crippen LogP contribution in [0.15, 0.2) is 90.1 Å². The van der Waals surface area contributed by atoms with Crippen molar-refractivity contribution in [3.8, 4) is 23.1 Å². The Balaban J connectivity index is 1.45. The van der Waals surface area contributed by atoms with Crippen molar-refractivity contribution in [1.82, 2.24) is 30.0 Å². The first-order chi connectivity index (χ1) is 16.7. The van der Waals surface area contributed by atoms with Gasteiger partial charge in [0.1, 0.15) is 5.03 Å². The number of rotatable bonds is 7. The largest absolute Gasteiger partial charge is 0.226 e. The van der Waals surface area contributed by atoms with Crippen LogP contribution in [0.25, 0.3) is 17.1 Å². The molecule has 0 amide bonds. The Bertz CT molecular complexity index is 1430. The average molecular weight is 464 g/mol. The van der Waals surface area contributed by atoms with Crippen LogP contribution in [0, 0.1) is 18.3 Å². The van der Waals surface area contributed by atoms with Gasteiger partial charge in [0.05, 0.1) is 35.6 Å². The number of benzene rings is 3. The Morgan fingerprint density at radius 3 is 2.41 bits per heavy atom. The molecule has 2 aromatic heterocycles. The third-order valence-electron chi connectivity index (χ3n) is 5.32. The van der Waals surface area contributed by atoms with E-state index >= 15 is 0 Å². The van der Waals surface area contributed by atoms with Crippen molar-refractivity contribution in [2.24, 2.45) is 0 Å². The molecular formula is C26H21N7S. The van der Waals surface area contributed by atoms with Crippen LogP contribution >= 0.6 is 11.8 Å². The number of nitrogens with zero attached hydrogens (tertiary/aromatic N) is 7. The zero-order valence-corrected chi connectivity index (χ0v) is 19.4. The quantitative estimate of drug-likeness (QED) is 0.314. The third kappa shape index (κ3) is 4.75. The van der Waals surface area contributed by atoms with Crippen LogP contribution < -0.4 is 0 Å². The molecule has 0 aliphatic heterocycles. The fourth-order valence-corrected chi connectivity index (χ4v) is 4.56. The fourth-order valence-electron chi connectivity index (χ4n) is 3.49. The molecule has 0 radical (unpaired) electrons. The second kappa shape index (κ2) is 9.73. The first-order valence-electron chi connectivity index (χ1n) is 10.8. The van der Waals surface area contributed by atoms with Crippen LogP contribution in [-0.2, 0) is 12.3 Å². The van der Waals surface area contributed by atoms with Crippen molar-refractivity contribution in [1.29, 1.82) is 5.26 Å². The molecule has 5 aromatic rings. The number of hydrogen-bond donors (Lipinski definition) is 0. The summed E-state index contributed by atoms with van der Waals surface area (Å²) < 4.78 is 1.93. The highest BCUT2D eigenvalue weighted by molar-refractivity contribution is 7.98. The minimum absolute atomic E-state index is 0.470. The standard InChI is InChI=1S/C26H21N7S/c1-19-7-13-23(14-8-19)33-26(34-18-22-5-3-2-4-6-22)24(16-28-33)25-29-31-32(30-25)17-21-11-9-20(15-27)10-12-21/h2-14,16H,17-18H2,1H3. The van der Waals surface area contributed by atoms with Crippen LogP contribution in [-0.4, -0.2) is 30.0 Å². The lowest BCUT2D eigenvalue weighted by Gasteiger charge is -2.09. The lowest BCUT2D eigenvalue weighted by Crippen LogP contribution is -2.04. The number of nitriles is 1. The van der Waals surface area contributed by atoms with E-state index in [1.807, 2.05) is 35.0 Å². The van der Waals surface area contributed by atoms with Crippen molar-refractivity contribution in [2.45, 2.75) is 24.2 Å². The minimum Gasteiger partial charge on any atom is -0.226 e. The third-order valence-corrected chi connectivity index (χ3v) is 6.47. The van der Waals surface area contributed by atoms with E-state index in [2.05, 4.69) is 69.9 Å². The zero-order valence-electron chi connectivity index (χ0n) is 18.5. The van der Waals surface area contributed by atoms with Crippen molar-refractivity contribution in [2.75, 3.05) is 0 Å². The highest BCUT2D eigenvalue weighted by Crippen LogP contribution is 2.33. The van der Waals surface area contributed by atoms with Crippen molar-refractivity contribution >= 4 is 11.8 Å². The lowest BCUT2D eigenvalue weighted by molar-refractivity contribution is 0.573. The SMILES string of the molecule is Cc1ccc(-n2ncc(-c3nnn(Cc4ccc(C#N)cc4)n3)c2SCc2ccccc2)cc1. The molecule has 0 N–H and O–H groups in total. The van der Waals surface area contributed by atoms with Crippen molar-refractivity contribution < 1.29 is 0 Å². The summed E-state index contributed by atoms with van der Waals surface area (Å²) in [6.45, 7) is 2.54. The molecule has 0 atom stereocenters. The Hall–Kier alpha value is -4.22. The number of tetrazole rings is 1. The highest BCUT2D eigenvalue weighted by Gasteiger charge is 2.19. The molecule has 8 heteroatoms. The van der Waals surface area contributed by atoms with Gasteiger partial charge in [-0.3, -0.25) is 0 Å². The Morgan fingerprint density at radius 1 is 0.912 bits per heavy atom. The minimum atomic E-state index is 0.470. The summed E-state index contributed by atoms with van der Waals surface area (Å²) in [6, 6.07) is 28.1. The molecule has 0 spiro atoms. The molecule has 0 saturated carbocycles. The number of hydrogen-bond acceptors (Lipinski definition) is 6. The van der Waals surface area contributed by atoms with E-state index in [9.17, 15) is 0 Å². The number of thioether (sulfide) groups is 1. The van der Waals surface area contributed by atoms with E-state index in [1.165, 1.54) is 11.1 Å². The maximum absolute atomic E-state index is 8.99. The van der Waals surface area contributed by atoms with Gasteiger partial charge < -0.3 is 0 Å². The van der Waals surface area contributed by atoms with Gasteiger partial charge in [-0.25, -0.2) is 4.68 Å². The summed E-state index contributed by atoms with van der Waals surface area (Å²) in [4.78, 5) is 1.56. The number of aromatic nitrogens is 6. The van der Waals surface area contributed by atoms with Gasteiger partial charge in [-0.05, 0) is 47.5 Å². The summed E-state index contributed by atoms with van der Waals surface area (Å²) in [7, 11) is 0. The van der Waals surface area contributed by atoms with Gasteiger partial charge in [-0.1, -0.05) is 60.2 Å². The van der Waals surface area contributed by atoms with Crippen LogP contribution in [0.4, 0.5) is 0 Å². The van der Waals surface area contributed by atoms with Crippen LogP contribution in [0.1, 0.15) is 22.3 Å². The van der Waals surface area contributed by atoms with E-state index in [0.29, 0.717) is 17.9 Å². The summed E-state index contributed by atoms with van der Waals surface area (Å²) in [5, 5.41) is 27.8. The molecule has 0 aliphatic carbocycles. The second-order valence-electron chi connectivity index (χ2n) is 7.84. The van der Waals surface area contributed by atoms with E-state index in [-0.39, 0.29) is 0 Å². The van der Waals surface area contributed by atoms with Gasteiger partial charge in [0.2, 0.25) is 5.82 Å². The van der Waals surface area contributed by atoms with Gasteiger partial charge in [0, 0.05) is 5.75 Å². The summed E-state index contributed by atoms with van der Waals surface area (Å²) in [5.41, 5.74) is 5.87. The Labute approximate surface area is 201 Å². The van der Waals surface area contributed by atoms with Gasteiger partial charge >= 0.3 is 0 Å². The average Bonchev–Trinajstić information content (AvgIpc) is 3.51. The van der Waals surface area contributed by atoms with E-state index in [4.69, 9.17) is 5.26 Å². The molecule has 0 aliphatic rings. The normalized spacial score (nSPS) is 10.8. The fraction of sp³-hybridized carbons (Fsp3) is 0.115. The molecule has 0 fully saturated rings. The molecule has 5 rings (SSSR count). The van der Waals surface area contributed by atoms with E-state index in [1.54, 1.807) is 34.9 Å². The molecule has 0 unspecified atom stereocenters. The number of aryl methyl sites for hydroxylation is 1. The first-order valence-corrected chi connectivity index (χ1v) is 11.8. The maximum atomic E-state index is 8.99. The van der Waals surface area contributed by atoms with Gasteiger partial charge in [-0.15, -0.1) is 22.0 Å². The maximum Gasteiger partial charge on any atom is 0.209 e. The van der Waals surface area contributed by atoms with Gasteiger partial charge in [-0.2, -0.15) is 15.2 Å². The summed E-state index contributed by atoms with van der Waals surface area (Å²) in [6.07, 6.45) is 1.80. The first kappa shape index (κ1) is 21.6. The summed E-state index contributed by atoms with van der Waals surface area (Å²) >= 11 is 1.70. The Morgan fingerprint density at radius 2 is 1.68 bits per heavy atom. The predicted octanol–water partition coefficient (Wildman–Crippen LogP) is 5.05. The molecule has 0 bridgehead atoms. The zero-order chi connectivity index (χ0) is 23.3. The molecule has 2 heterocycles. The smallest absolute Gasteiger partial charge is 0.209 e. The monoisotopic (exact) mass is 463 g/mol. The molecule has 34 heavy (non-hydrogen) atoms. The molecule has 0 saturated heterocycles. The van der Waals surface area contributed by atoms with Crippen molar-refractivity contribution in [3.05, 3.63) is 107 Å². The molecular weight excluding hydrogens is 442 g/mol. The molecule has 7 nitrogen and oxygen atoms in total. The van der Waals surface area contributed by atoms with Crippen LogP contribution in [0.3, 0.4) is 0 Å². The van der Waals surface area contributed by atoms with Gasteiger partial charge in [0.25, 0.3) is 0 Å². The second-order valence-corrected chi connectivity index (χ2v) is 8.80.